The Balaban J connectivity index is 2.84. The number of hydrogen-bond donors (Lipinski definition) is 0. The van der Waals surface area contributed by atoms with E-state index in [2.05, 4.69) is 4.99 Å². The van der Waals surface area contributed by atoms with Crippen LogP contribution in [0.2, 0.25) is 5.02 Å². The van der Waals surface area contributed by atoms with Crippen LogP contribution >= 0.6 is 44.9 Å². The van der Waals surface area contributed by atoms with E-state index in [0.717, 1.165) is 16.7 Å². The van der Waals surface area contributed by atoms with Gasteiger partial charge in [-0.15, -0.1) is 0 Å². The highest BCUT2D eigenvalue weighted by atomic mass is 35.7. The molecule has 1 aromatic carbocycles. The SMILES string of the molecule is ClSC(Cl)=Nc1ccc(Cl)cc1. The summed E-state index contributed by atoms with van der Waals surface area (Å²) >= 11 is 11.3. The van der Waals surface area contributed by atoms with Crippen LogP contribution in [0.5, 0.6) is 0 Å². The van der Waals surface area contributed by atoms with Crippen molar-refractivity contribution in [3.05, 3.63) is 29.3 Å². The first-order valence-corrected chi connectivity index (χ1v) is 5.40. The van der Waals surface area contributed by atoms with E-state index in [-0.39, 0.29) is 0 Å². The Morgan fingerprint density at radius 1 is 1.25 bits per heavy atom. The number of aliphatic imine (C=N–C) groups is 1. The molecule has 0 aliphatic rings. The largest absolute Gasteiger partial charge is 0.229 e. The fourth-order valence-electron chi connectivity index (χ4n) is 0.634. The Kier molecular flexibility index (Phi) is 4.22. The molecule has 0 saturated carbocycles. The molecule has 0 atom stereocenters. The predicted octanol–water partition coefficient (Wildman–Crippen LogP) is 4.45. The summed E-state index contributed by atoms with van der Waals surface area (Å²) in [5.41, 5.74) is 0.734. The van der Waals surface area contributed by atoms with Gasteiger partial charge in [0.15, 0.2) is 4.50 Å². The number of nitrogens with zero attached hydrogens (tertiary/aromatic N) is 1. The molecule has 1 nitrogen and oxygen atoms in total. The molecule has 0 amide bonds. The van der Waals surface area contributed by atoms with Crippen LogP contribution in [0.1, 0.15) is 0 Å². The van der Waals surface area contributed by atoms with Crippen LogP contribution in [0.4, 0.5) is 5.69 Å². The summed E-state index contributed by atoms with van der Waals surface area (Å²) in [6.45, 7) is 0. The van der Waals surface area contributed by atoms with Crippen LogP contribution in [0, 0.1) is 0 Å². The van der Waals surface area contributed by atoms with E-state index in [9.17, 15) is 0 Å². The molecule has 0 bridgehead atoms. The molecule has 0 unspecified atom stereocenters. The molecule has 0 aliphatic carbocycles. The van der Waals surface area contributed by atoms with Gasteiger partial charge in [0, 0.05) is 16.0 Å². The highest BCUT2D eigenvalue weighted by molar-refractivity contribution is 8.34. The number of hydrogen-bond acceptors (Lipinski definition) is 2. The maximum atomic E-state index is 5.67. The van der Waals surface area contributed by atoms with Crippen LogP contribution in [-0.2, 0) is 0 Å². The van der Waals surface area contributed by atoms with Gasteiger partial charge in [0.2, 0.25) is 0 Å². The normalized spacial score (nSPS) is 11.8. The lowest BCUT2D eigenvalue weighted by Crippen LogP contribution is -1.72. The van der Waals surface area contributed by atoms with Crippen LogP contribution in [0.25, 0.3) is 0 Å². The predicted molar refractivity (Wildman–Crippen MR) is 57.8 cm³/mol. The Bertz CT molecular complexity index is 283. The highest BCUT2D eigenvalue weighted by Gasteiger charge is 1.93. The van der Waals surface area contributed by atoms with Gasteiger partial charge in [-0.2, -0.15) is 0 Å². The minimum absolute atomic E-state index is 0.291. The van der Waals surface area contributed by atoms with Crippen molar-refractivity contribution in [3.8, 4) is 0 Å². The van der Waals surface area contributed by atoms with Crippen molar-refractivity contribution in [2.45, 2.75) is 0 Å². The first-order chi connectivity index (χ1) is 5.72. The summed E-state index contributed by atoms with van der Waals surface area (Å²) in [6, 6.07) is 7.00. The average Bonchev–Trinajstić information content (AvgIpc) is 2.09. The Hall–Kier alpha value is 0.110. The molecule has 1 rings (SSSR count). The van der Waals surface area contributed by atoms with Crippen molar-refractivity contribution in [1.82, 2.24) is 0 Å². The fourth-order valence-corrected chi connectivity index (χ4v) is 1.10. The van der Waals surface area contributed by atoms with Crippen molar-refractivity contribution in [1.29, 1.82) is 0 Å². The lowest BCUT2D eigenvalue weighted by Gasteiger charge is -1.93. The molecule has 0 saturated heterocycles. The minimum Gasteiger partial charge on any atom is -0.229 e. The van der Waals surface area contributed by atoms with E-state index in [4.69, 9.17) is 33.9 Å². The molecule has 1 aromatic rings. The zero-order valence-electron chi connectivity index (χ0n) is 5.80. The summed E-state index contributed by atoms with van der Waals surface area (Å²) in [4.78, 5) is 3.97. The zero-order chi connectivity index (χ0) is 8.97. The first-order valence-electron chi connectivity index (χ1n) is 3.00. The topological polar surface area (TPSA) is 12.4 Å². The van der Waals surface area contributed by atoms with Crippen molar-refractivity contribution in [2.75, 3.05) is 0 Å². The van der Waals surface area contributed by atoms with Gasteiger partial charge in [-0.3, -0.25) is 0 Å². The highest BCUT2D eigenvalue weighted by Crippen LogP contribution is 2.21. The monoisotopic (exact) mass is 239 g/mol. The number of benzene rings is 1. The van der Waals surface area contributed by atoms with Gasteiger partial charge in [-0.25, -0.2) is 4.99 Å². The summed E-state index contributed by atoms with van der Waals surface area (Å²) < 4.78 is 0.291. The third-order valence-electron chi connectivity index (χ3n) is 1.11. The molecule has 64 valence electrons. The van der Waals surface area contributed by atoms with Gasteiger partial charge in [0.05, 0.1) is 5.69 Å². The van der Waals surface area contributed by atoms with Gasteiger partial charge >= 0.3 is 0 Å². The molecule has 0 N–H and O–H groups in total. The molecule has 0 fully saturated rings. The molecular formula is C7H4Cl3NS. The summed E-state index contributed by atoms with van der Waals surface area (Å²) in [7, 11) is 6.24. The van der Waals surface area contributed by atoms with E-state index < -0.39 is 0 Å². The number of halogens is 3. The van der Waals surface area contributed by atoms with Gasteiger partial charge in [-0.1, -0.05) is 23.2 Å². The molecule has 12 heavy (non-hydrogen) atoms. The minimum atomic E-state index is 0.291. The van der Waals surface area contributed by atoms with Crippen molar-refractivity contribution < 1.29 is 0 Å². The van der Waals surface area contributed by atoms with Crippen molar-refractivity contribution >= 4 is 55.1 Å². The molecule has 0 radical (unpaired) electrons. The second-order valence-electron chi connectivity index (χ2n) is 1.92. The second kappa shape index (κ2) is 4.97. The average molecular weight is 241 g/mol. The van der Waals surface area contributed by atoms with E-state index in [1.165, 1.54) is 0 Å². The molecule has 0 aromatic heterocycles. The number of rotatable bonds is 1. The standard InChI is InChI=1S/C7H4Cl3NS/c8-5-1-3-6(4-2-5)11-7(9)12-10/h1-4H. The molecule has 0 spiro atoms. The fraction of sp³-hybridized carbons (Fsp3) is 0. The lowest BCUT2D eigenvalue weighted by atomic mass is 10.3. The maximum Gasteiger partial charge on any atom is 0.178 e. The molecule has 0 heterocycles. The van der Waals surface area contributed by atoms with E-state index >= 15 is 0 Å². The lowest BCUT2D eigenvalue weighted by molar-refractivity contribution is 1.55. The second-order valence-corrected chi connectivity index (χ2v) is 3.94. The van der Waals surface area contributed by atoms with Gasteiger partial charge in [0.1, 0.15) is 0 Å². The van der Waals surface area contributed by atoms with Crippen LogP contribution in [-0.4, -0.2) is 4.50 Å². The van der Waals surface area contributed by atoms with Gasteiger partial charge in [-0.05, 0) is 34.9 Å². The molecular weight excluding hydrogens is 237 g/mol. The smallest absolute Gasteiger partial charge is 0.178 e. The van der Waals surface area contributed by atoms with E-state index in [1.54, 1.807) is 24.3 Å². The zero-order valence-corrected chi connectivity index (χ0v) is 8.88. The van der Waals surface area contributed by atoms with Crippen molar-refractivity contribution in [2.24, 2.45) is 4.99 Å². The molecule has 5 heteroatoms. The van der Waals surface area contributed by atoms with Gasteiger partial charge < -0.3 is 0 Å². The third-order valence-corrected chi connectivity index (χ3v) is 2.57. The Morgan fingerprint density at radius 2 is 1.83 bits per heavy atom. The summed E-state index contributed by atoms with van der Waals surface area (Å²) in [5, 5.41) is 0.670. The Morgan fingerprint density at radius 3 is 2.33 bits per heavy atom. The van der Waals surface area contributed by atoms with Gasteiger partial charge in [0.25, 0.3) is 0 Å². The first kappa shape index (κ1) is 10.2. The summed E-state index contributed by atoms with van der Waals surface area (Å²) in [5.74, 6) is 0. The van der Waals surface area contributed by atoms with Crippen LogP contribution in [0.15, 0.2) is 29.3 Å². The third kappa shape index (κ3) is 3.23. The molecule has 0 aliphatic heterocycles. The quantitative estimate of drug-likeness (QED) is 0.522. The maximum absolute atomic E-state index is 5.67. The van der Waals surface area contributed by atoms with E-state index in [0.29, 0.717) is 9.53 Å². The summed E-state index contributed by atoms with van der Waals surface area (Å²) in [6.07, 6.45) is 0. The van der Waals surface area contributed by atoms with Crippen molar-refractivity contribution in [3.63, 3.8) is 0 Å². The van der Waals surface area contributed by atoms with Crippen LogP contribution < -0.4 is 0 Å². The van der Waals surface area contributed by atoms with E-state index in [1.807, 2.05) is 0 Å². The Labute approximate surface area is 89.2 Å². The van der Waals surface area contributed by atoms with Crippen LogP contribution in [0.3, 0.4) is 0 Å².